The second kappa shape index (κ2) is 5.80. The Morgan fingerprint density at radius 2 is 1.80 bits per heavy atom. The van der Waals surface area contributed by atoms with E-state index in [0.29, 0.717) is 6.54 Å². The van der Waals surface area contributed by atoms with E-state index in [9.17, 15) is 4.79 Å². The highest BCUT2D eigenvalue weighted by atomic mass is 16.1. The molecule has 0 atom stereocenters. The summed E-state index contributed by atoms with van der Waals surface area (Å²) in [5.74, 6) is 0.253. The lowest BCUT2D eigenvalue weighted by Crippen LogP contribution is -2.30. The lowest BCUT2D eigenvalue weighted by atomic mass is 10.1. The Balaban J connectivity index is 1.81. The van der Waals surface area contributed by atoms with Crippen LogP contribution in [0.5, 0.6) is 0 Å². The zero-order chi connectivity index (χ0) is 13.9. The molecule has 1 fully saturated rings. The number of carbonyl (C=O) groups is 1. The fraction of sp³-hybridized carbons (Fsp3) is 0.471. The molecule has 0 N–H and O–H groups in total. The summed E-state index contributed by atoms with van der Waals surface area (Å²) in [6.45, 7) is 2.70. The Bertz CT molecular complexity index is 606. The summed E-state index contributed by atoms with van der Waals surface area (Å²) in [6.07, 6.45) is 7.04. The largest absolute Gasteiger partial charge is 0.350 e. The van der Waals surface area contributed by atoms with E-state index in [0.717, 1.165) is 29.6 Å². The normalized spacial score (nSPS) is 17.2. The third-order valence-corrected chi connectivity index (χ3v) is 4.26. The molecule has 0 amide bonds. The first-order valence-electron chi connectivity index (χ1n) is 7.55. The van der Waals surface area contributed by atoms with Gasteiger partial charge in [0, 0.05) is 29.7 Å². The third kappa shape index (κ3) is 2.63. The van der Waals surface area contributed by atoms with E-state index >= 15 is 0 Å². The Hall–Kier alpha value is -1.61. The Morgan fingerprint density at radius 1 is 1.10 bits per heavy atom. The Morgan fingerprint density at radius 3 is 2.55 bits per heavy atom. The summed E-state index contributed by atoms with van der Waals surface area (Å²) in [4.78, 5) is 14.9. The van der Waals surface area contributed by atoms with Crippen molar-refractivity contribution in [2.24, 2.45) is 7.05 Å². The predicted octanol–water partition coefficient (Wildman–Crippen LogP) is 3.24. The number of hydrogen-bond acceptors (Lipinski definition) is 2. The van der Waals surface area contributed by atoms with E-state index < -0.39 is 0 Å². The van der Waals surface area contributed by atoms with Crippen molar-refractivity contribution in [2.75, 3.05) is 19.6 Å². The smallest absolute Gasteiger partial charge is 0.178 e. The number of aryl methyl sites for hydroxylation is 1. The van der Waals surface area contributed by atoms with Gasteiger partial charge in [-0.15, -0.1) is 0 Å². The van der Waals surface area contributed by atoms with Gasteiger partial charge >= 0.3 is 0 Å². The molecule has 106 valence electrons. The molecule has 3 heteroatoms. The molecule has 0 saturated carbocycles. The zero-order valence-electron chi connectivity index (χ0n) is 12.1. The summed E-state index contributed by atoms with van der Waals surface area (Å²) >= 11 is 0. The molecule has 3 rings (SSSR count). The van der Waals surface area contributed by atoms with Gasteiger partial charge in [-0.2, -0.15) is 0 Å². The third-order valence-electron chi connectivity index (χ3n) is 4.26. The van der Waals surface area contributed by atoms with Crippen LogP contribution < -0.4 is 0 Å². The van der Waals surface area contributed by atoms with E-state index in [1.165, 1.54) is 25.7 Å². The minimum atomic E-state index is 0.253. The molecule has 1 aliphatic rings. The van der Waals surface area contributed by atoms with Crippen molar-refractivity contribution >= 4 is 16.7 Å². The van der Waals surface area contributed by atoms with Crippen molar-refractivity contribution in [3.05, 3.63) is 36.0 Å². The van der Waals surface area contributed by atoms with Gasteiger partial charge in [0.1, 0.15) is 0 Å². The van der Waals surface area contributed by atoms with Crippen LogP contribution in [-0.2, 0) is 7.05 Å². The maximum absolute atomic E-state index is 12.6. The number of aromatic nitrogens is 1. The zero-order valence-corrected chi connectivity index (χ0v) is 12.1. The second-order valence-electron chi connectivity index (χ2n) is 5.78. The number of Topliss-reactive ketones (excluding diaryl/α,β-unsaturated/α-hetero) is 1. The first-order chi connectivity index (χ1) is 9.75. The fourth-order valence-electron chi connectivity index (χ4n) is 3.15. The Labute approximate surface area is 120 Å². The van der Waals surface area contributed by atoms with Crippen molar-refractivity contribution in [1.29, 1.82) is 0 Å². The van der Waals surface area contributed by atoms with Crippen LogP contribution in [0.4, 0.5) is 0 Å². The van der Waals surface area contributed by atoms with Crippen LogP contribution in [0.3, 0.4) is 0 Å². The van der Waals surface area contributed by atoms with Gasteiger partial charge in [0.05, 0.1) is 6.54 Å². The van der Waals surface area contributed by atoms with Gasteiger partial charge in [0.15, 0.2) is 5.78 Å². The highest BCUT2D eigenvalue weighted by Crippen LogP contribution is 2.21. The summed E-state index contributed by atoms with van der Waals surface area (Å²) in [7, 11) is 2.01. The molecule has 3 nitrogen and oxygen atoms in total. The number of carbonyl (C=O) groups excluding carboxylic acids is 1. The second-order valence-corrected chi connectivity index (χ2v) is 5.78. The van der Waals surface area contributed by atoms with Gasteiger partial charge in [-0.25, -0.2) is 0 Å². The molecular formula is C17H22N2O. The number of likely N-dealkylation sites (tertiary alicyclic amines) is 1. The van der Waals surface area contributed by atoms with Crippen LogP contribution in [-0.4, -0.2) is 34.9 Å². The summed E-state index contributed by atoms with van der Waals surface area (Å²) in [6, 6.07) is 8.14. The van der Waals surface area contributed by atoms with E-state index in [-0.39, 0.29) is 5.78 Å². The molecule has 0 unspecified atom stereocenters. The molecule has 2 heterocycles. The number of para-hydroxylation sites is 1. The van der Waals surface area contributed by atoms with Crippen molar-refractivity contribution in [2.45, 2.75) is 25.7 Å². The summed E-state index contributed by atoms with van der Waals surface area (Å²) in [5.41, 5.74) is 2.00. The van der Waals surface area contributed by atoms with E-state index in [4.69, 9.17) is 0 Å². The minimum Gasteiger partial charge on any atom is -0.350 e. The molecule has 2 aromatic rings. The first-order valence-corrected chi connectivity index (χ1v) is 7.55. The molecule has 0 radical (unpaired) electrons. The van der Waals surface area contributed by atoms with Gasteiger partial charge in [-0.3, -0.25) is 9.69 Å². The molecule has 0 bridgehead atoms. The fourth-order valence-corrected chi connectivity index (χ4v) is 3.15. The molecule has 0 spiro atoms. The predicted molar refractivity (Wildman–Crippen MR) is 82.2 cm³/mol. The van der Waals surface area contributed by atoms with Gasteiger partial charge in [-0.05, 0) is 32.0 Å². The number of hydrogen-bond donors (Lipinski definition) is 0. The van der Waals surface area contributed by atoms with Gasteiger partial charge in [0.25, 0.3) is 0 Å². The quantitative estimate of drug-likeness (QED) is 0.800. The van der Waals surface area contributed by atoms with Crippen LogP contribution in [0, 0.1) is 0 Å². The van der Waals surface area contributed by atoms with E-state index in [1.54, 1.807) is 0 Å². The average Bonchev–Trinajstić information content (AvgIpc) is 2.64. The van der Waals surface area contributed by atoms with Crippen LogP contribution in [0.1, 0.15) is 36.0 Å². The van der Waals surface area contributed by atoms with Crippen LogP contribution >= 0.6 is 0 Å². The Kier molecular flexibility index (Phi) is 3.88. The SMILES string of the molecule is Cn1cc(C(=O)CN2CCCCCC2)c2ccccc21. The first kappa shape index (κ1) is 13.4. The maximum atomic E-state index is 12.6. The van der Waals surface area contributed by atoms with Gasteiger partial charge in [-0.1, -0.05) is 31.0 Å². The van der Waals surface area contributed by atoms with Gasteiger partial charge in [0.2, 0.25) is 0 Å². The summed E-state index contributed by atoms with van der Waals surface area (Å²) < 4.78 is 2.05. The standard InChI is InChI=1S/C17H22N2O/c1-18-12-15(14-8-4-5-9-16(14)18)17(20)13-19-10-6-2-3-7-11-19/h4-5,8-9,12H,2-3,6-7,10-11,13H2,1H3. The number of benzene rings is 1. The van der Waals surface area contributed by atoms with Crippen molar-refractivity contribution < 1.29 is 4.79 Å². The molecule has 0 aliphatic carbocycles. The molecule has 20 heavy (non-hydrogen) atoms. The number of ketones is 1. The van der Waals surface area contributed by atoms with Crippen molar-refractivity contribution in [3.63, 3.8) is 0 Å². The lowest BCUT2D eigenvalue weighted by molar-refractivity contribution is 0.0934. The van der Waals surface area contributed by atoms with Gasteiger partial charge < -0.3 is 4.57 Å². The molecular weight excluding hydrogens is 248 g/mol. The molecule has 1 aromatic heterocycles. The highest BCUT2D eigenvalue weighted by molar-refractivity contribution is 6.09. The molecule has 1 aromatic carbocycles. The number of rotatable bonds is 3. The maximum Gasteiger partial charge on any atom is 0.178 e. The van der Waals surface area contributed by atoms with Crippen LogP contribution in [0.25, 0.3) is 10.9 Å². The minimum absolute atomic E-state index is 0.253. The summed E-state index contributed by atoms with van der Waals surface area (Å²) in [5, 5.41) is 1.08. The molecule has 1 saturated heterocycles. The van der Waals surface area contributed by atoms with Crippen molar-refractivity contribution in [1.82, 2.24) is 9.47 Å². The monoisotopic (exact) mass is 270 g/mol. The van der Waals surface area contributed by atoms with Crippen LogP contribution in [0.2, 0.25) is 0 Å². The van der Waals surface area contributed by atoms with Crippen molar-refractivity contribution in [3.8, 4) is 0 Å². The van der Waals surface area contributed by atoms with Crippen LogP contribution in [0.15, 0.2) is 30.5 Å². The van der Waals surface area contributed by atoms with E-state index in [1.807, 2.05) is 36.0 Å². The molecule has 1 aliphatic heterocycles. The lowest BCUT2D eigenvalue weighted by Gasteiger charge is -2.18. The average molecular weight is 270 g/mol. The van der Waals surface area contributed by atoms with E-state index in [2.05, 4.69) is 11.0 Å². The highest BCUT2D eigenvalue weighted by Gasteiger charge is 2.17. The number of fused-ring (bicyclic) bond motifs is 1. The number of nitrogens with zero attached hydrogens (tertiary/aromatic N) is 2. The topological polar surface area (TPSA) is 25.2 Å².